The van der Waals surface area contributed by atoms with Gasteiger partial charge in [-0.3, -0.25) is 0 Å². The second-order valence-corrected chi connectivity index (χ2v) is 10.9. The molecule has 0 radical (unpaired) electrons. The van der Waals surface area contributed by atoms with Crippen LogP contribution in [0, 0.1) is 0 Å². The van der Waals surface area contributed by atoms with E-state index >= 15 is 0 Å². The first-order valence-electron chi connectivity index (χ1n) is 8.91. The predicted molar refractivity (Wildman–Crippen MR) is 112 cm³/mol. The topological polar surface area (TPSA) is 77.5 Å². The maximum Gasteiger partial charge on any atom is 0.339 e. The second kappa shape index (κ2) is 7.65. The van der Waals surface area contributed by atoms with Crippen LogP contribution in [0.2, 0.25) is 0 Å². The summed E-state index contributed by atoms with van der Waals surface area (Å²) in [6.07, 6.45) is 1.06. The molecule has 5 nitrogen and oxygen atoms in total. The lowest BCUT2D eigenvalue weighted by atomic mass is 9.78. The fourth-order valence-electron chi connectivity index (χ4n) is 2.98. The Labute approximate surface area is 172 Å². The van der Waals surface area contributed by atoms with E-state index in [4.69, 9.17) is 4.18 Å². The van der Waals surface area contributed by atoms with Crippen LogP contribution in [0.4, 0.5) is 0 Å². The van der Waals surface area contributed by atoms with Gasteiger partial charge in [-0.15, -0.1) is 0 Å². The van der Waals surface area contributed by atoms with Gasteiger partial charge in [0.05, 0.1) is 4.90 Å². The summed E-state index contributed by atoms with van der Waals surface area (Å²) in [6, 6.07) is 21.9. The quantitative estimate of drug-likeness (QED) is 0.548. The molecule has 0 aromatic heterocycles. The van der Waals surface area contributed by atoms with Crippen molar-refractivity contribution in [1.82, 2.24) is 0 Å². The fraction of sp³-hybridized carbons (Fsp3) is 0.182. The Bertz CT molecular complexity index is 1190. The fourth-order valence-corrected chi connectivity index (χ4v) is 4.54. The molecule has 0 fully saturated rings. The summed E-state index contributed by atoms with van der Waals surface area (Å²) in [4.78, 5) is -0.0671. The maximum absolute atomic E-state index is 12.5. The summed E-state index contributed by atoms with van der Waals surface area (Å²) in [5.41, 5.74) is 1.92. The van der Waals surface area contributed by atoms with Crippen LogP contribution in [0.3, 0.4) is 0 Å². The van der Waals surface area contributed by atoms with Crippen LogP contribution < -0.4 is 4.18 Å². The molecule has 0 bridgehead atoms. The lowest BCUT2D eigenvalue weighted by molar-refractivity contribution is 0.485. The molecule has 152 valence electrons. The Kier molecular flexibility index (Phi) is 5.56. The van der Waals surface area contributed by atoms with Gasteiger partial charge in [-0.25, -0.2) is 8.42 Å². The van der Waals surface area contributed by atoms with Gasteiger partial charge in [-0.1, -0.05) is 56.3 Å². The summed E-state index contributed by atoms with van der Waals surface area (Å²) in [7, 11) is -7.47. The van der Waals surface area contributed by atoms with Gasteiger partial charge in [0.2, 0.25) is 0 Å². The SMILES string of the molecule is CC(C)(c1ccccc1)c1ccc(OS(=O)(=O)c2ccc(S(C)(=O)=O)cc2)cc1. The molecule has 3 aromatic rings. The zero-order valence-corrected chi connectivity index (χ0v) is 18.0. The third-order valence-corrected chi connectivity index (χ3v) is 7.21. The van der Waals surface area contributed by atoms with Crippen LogP contribution >= 0.6 is 0 Å². The molecule has 0 aliphatic rings. The van der Waals surface area contributed by atoms with E-state index in [1.807, 2.05) is 30.3 Å². The molecular weight excluding hydrogens is 408 g/mol. The van der Waals surface area contributed by atoms with Gasteiger partial charge in [0.25, 0.3) is 0 Å². The molecule has 0 spiro atoms. The standard InChI is InChI=1S/C22H22O5S2/c1-22(2,17-7-5-4-6-8-17)18-9-11-19(12-10-18)27-29(25,26)21-15-13-20(14-16-21)28(3,23)24/h4-16H,1-3H3. The summed E-state index contributed by atoms with van der Waals surface area (Å²) < 4.78 is 53.2. The normalized spacial score (nSPS) is 12.5. The summed E-state index contributed by atoms with van der Waals surface area (Å²) in [6.45, 7) is 4.19. The molecule has 0 unspecified atom stereocenters. The van der Waals surface area contributed by atoms with Gasteiger partial charge in [0, 0.05) is 11.7 Å². The smallest absolute Gasteiger partial charge is 0.339 e. The van der Waals surface area contributed by atoms with Gasteiger partial charge in [-0.2, -0.15) is 8.42 Å². The van der Waals surface area contributed by atoms with Crippen molar-refractivity contribution in [2.45, 2.75) is 29.1 Å². The van der Waals surface area contributed by atoms with Crippen LogP contribution in [0.5, 0.6) is 5.75 Å². The van der Waals surface area contributed by atoms with Crippen molar-refractivity contribution in [2.75, 3.05) is 6.26 Å². The largest absolute Gasteiger partial charge is 0.379 e. The van der Waals surface area contributed by atoms with Crippen molar-refractivity contribution in [3.8, 4) is 5.75 Å². The highest BCUT2D eigenvalue weighted by Gasteiger charge is 2.23. The monoisotopic (exact) mass is 430 g/mol. The van der Waals surface area contributed by atoms with Crippen LogP contribution in [-0.4, -0.2) is 23.1 Å². The Morgan fingerprint density at radius 2 is 1.14 bits per heavy atom. The third-order valence-electron chi connectivity index (χ3n) is 4.82. The van der Waals surface area contributed by atoms with Gasteiger partial charge in [-0.05, 0) is 47.5 Å². The molecule has 0 amide bonds. The van der Waals surface area contributed by atoms with Crippen molar-refractivity contribution < 1.29 is 21.0 Å². The van der Waals surface area contributed by atoms with Gasteiger partial charge in [0.1, 0.15) is 10.6 Å². The Morgan fingerprint density at radius 3 is 1.66 bits per heavy atom. The van der Waals surface area contributed by atoms with E-state index in [0.717, 1.165) is 17.4 Å². The average molecular weight is 431 g/mol. The third kappa shape index (κ3) is 4.68. The molecule has 7 heteroatoms. The zero-order chi connectivity index (χ0) is 21.3. The molecule has 0 N–H and O–H groups in total. The summed E-state index contributed by atoms with van der Waals surface area (Å²) in [5, 5.41) is 0. The van der Waals surface area contributed by atoms with Crippen molar-refractivity contribution in [3.05, 3.63) is 90.0 Å². The molecular formula is C22H22O5S2. The van der Waals surface area contributed by atoms with Crippen molar-refractivity contribution in [1.29, 1.82) is 0 Å². The molecule has 29 heavy (non-hydrogen) atoms. The zero-order valence-electron chi connectivity index (χ0n) is 16.4. The molecule has 0 aliphatic carbocycles. The number of sulfone groups is 1. The number of benzene rings is 3. The lowest BCUT2D eigenvalue weighted by Crippen LogP contribution is -2.18. The van der Waals surface area contributed by atoms with Gasteiger partial charge >= 0.3 is 10.1 Å². The lowest BCUT2D eigenvalue weighted by Gasteiger charge is -2.26. The molecule has 0 atom stereocenters. The van der Waals surface area contributed by atoms with Crippen LogP contribution in [0.1, 0.15) is 25.0 Å². The molecule has 0 saturated carbocycles. The van der Waals surface area contributed by atoms with E-state index in [1.54, 1.807) is 12.1 Å². The highest BCUT2D eigenvalue weighted by atomic mass is 32.2. The highest BCUT2D eigenvalue weighted by molar-refractivity contribution is 7.90. The van der Waals surface area contributed by atoms with E-state index in [0.29, 0.717) is 0 Å². The Morgan fingerprint density at radius 1 is 0.655 bits per heavy atom. The van der Waals surface area contributed by atoms with E-state index in [1.165, 1.54) is 24.3 Å². The second-order valence-electron chi connectivity index (χ2n) is 7.30. The predicted octanol–water partition coefficient (Wildman–Crippen LogP) is 4.18. The molecule has 0 aliphatic heterocycles. The number of hydrogen-bond donors (Lipinski definition) is 0. The molecule has 3 aromatic carbocycles. The highest BCUT2D eigenvalue weighted by Crippen LogP contribution is 2.32. The first-order valence-corrected chi connectivity index (χ1v) is 12.2. The Hall–Kier alpha value is -2.64. The van der Waals surface area contributed by atoms with Crippen molar-refractivity contribution in [2.24, 2.45) is 0 Å². The Balaban J connectivity index is 1.82. The first kappa shape index (κ1) is 21.1. The van der Waals surface area contributed by atoms with Crippen LogP contribution in [0.25, 0.3) is 0 Å². The van der Waals surface area contributed by atoms with E-state index in [2.05, 4.69) is 26.0 Å². The minimum absolute atomic E-state index is 0.0453. The molecule has 0 heterocycles. The average Bonchev–Trinajstić information content (AvgIpc) is 2.68. The van der Waals surface area contributed by atoms with Gasteiger partial charge < -0.3 is 4.18 Å². The summed E-state index contributed by atoms with van der Waals surface area (Å²) >= 11 is 0. The number of hydrogen-bond acceptors (Lipinski definition) is 5. The number of rotatable bonds is 6. The summed E-state index contributed by atoms with van der Waals surface area (Å²) in [5.74, 6) is 0.185. The maximum atomic E-state index is 12.5. The van der Waals surface area contributed by atoms with E-state index in [9.17, 15) is 16.8 Å². The minimum atomic E-state index is -4.07. The van der Waals surface area contributed by atoms with Crippen molar-refractivity contribution >= 4 is 20.0 Å². The molecule has 3 rings (SSSR count). The molecule has 0 saturated heterocycles. The first-order chi connectivity index (χ1) is 13.5. The van der Waals surface area contributed by atoms with E-state index < -0.39 is 20.0 Å². The van der Waals surface area contributed by atoms with Crippen molar-refractivity contribution in [3.63, 3.8) is 0 Å². The van der Waals surface area contributed by atoms with E-state index in [-0.39, 0.29) is 21.0 Å². The van der Waals surface area contributed by atoms with Gasteiger partial charge in [0.15, 0.2) is 9.84 Å². The van der Waals surface area contributed by atoms with Crippen LogP contribution in [-0.2, 0) is 25.4 Å². The minimum Gasteiger partial charge on any atom is -0.379 e. The van der Waals surface area contributed by atoms with Crippen LogP contribution in [0.15, 0.2) is 88.7 Å².